The fraction of sp³-hybridized carbons (Fsp3) is 0.556. The van der Waals surface area contributed by atoms with Gasteiger partial charge in [-0.3, -0.25) is 0 Å². The third-order valence-corrected chi connectivity index (χ3v) is 1.62. The highest BCUT2D eigenvalue weighted by Gasteiger charge is 2.32. The molecule has 0 saturated heterocycles. The lowest BCUT2D eigenvalue weighted by atomic mass is 10.1. The molecule has 0 amide bonds. The summed E-state index contributed by atoms with van der Waals surface area (Å²) in [5, 5.41) is 0. The van der Waals surface area contributed by atoms with Gasteiger partial charge in [0.25, 0.3) is 0 Å². The van der Waals surface area contributed by atoms with Crippen LogP contribution in [0.3, 0.4) is 0 Å². The Morgan fingerprint density at radius 2 is 1.57 bits per heavy atom. The lowest BCUT2D eigenvalue weighted by Crippen LogP contribution is -2.11. The largest absolute Gasteiger partial charge is 0.412 e. The first kappa shape index (κ1) is 13.1. The van der Waals surface area contributed by atoms with Crippen LogP contribution in [-0.2, 0) is 0 Å². The highest BCUT2D eigenvalue weighted by molar-refractivity contribution is 5.23. The monoisotopic (exact) mass is 214 g/mol. The number of allylic oxidation sites excluding steroid dienone is 4. The van der Waals surface area contributed by atoms with Gasteiger partial charge >= 0.3 is 6.18 Å². The highest BCUT2D eigenvalue weighted by Crippen LogP contribution is 2.30. The normalized spacial score (nSPS) is 15.5. The summed E-state index contributed by atoms with van der Waals surface area (Å²) in [6.45, 7) is 2.55. The van der Waals surface area contributed by atoms with Gasteiger partial charge in [0.2, 0.25) is 0 Å². The van der Waals surface area contributed by atoms with E-state index in [1.807, 2.05) is 0 Å². The minimum Gasteiger partial charge on any atom is -0.209 e. The Morgan fingerprint density at radius 3 is 1.86 bits per heavy atom. The molecule has 0 radical (unpaired) electrons. The zero-order valence-electron chi connectivity index (χ0n) is 7.88. The molecule has 0 aromatic rings. The van der Waals surface area contributed by atoms with E-state index in [1.165, 1.54) is 13.8 Å². The van der Waals surface area contributed by atoms with Crippen LogP contribution < -0.4 is 0 Å². The van der Waals surface area contributed by atoms with Gasteiger partial charge in [-0.2, -0.15) is 13.2 Å². The molecule has 0 fully saturated rings. The fourth-order valence-corrected chi connectivity index (χ4v) is 0.784. The number of alkyl halides is 3. The van der Waals surface area contributed by atoms with Gasteiger partial charge < -0.3 is 0 Å². The molecule has 0 nitrogen and oxygen atoms in total. The van der Waals surface area contributed by atoms with Gasteiger partial charge in [0, 0.05) is 5.57 Å². The zero-order chi connectivity index (χ0) is 11.4. The number of hydrogen-bond donors (Lipinski definition) is 0. The van der Waals surface area contributed by atoms with Crippen LogP contribution in [0.25, 0.3) is 0 Å². The van der Waals surface area contributed by atoms with E-state index < -0.39 is 23.4 Å². The van der Waals surface area contributed by atoms with Crippen LogP contribution in [0.2, 0.25) is 0 Å². The standard InChI is InChI=1S/C9H11F5/c1-3-6(9(12,13)14)5-8(11)7(10)4-2/h5H,3-4H2,1-2H3/b6-5+,8-7-. The molecule has 0 aliphatic carbocycles. The number of hydrogen-bond acceptors (Lipinski definition) is 0. The second-order valence-electron chi connectivity index (χ2n) is 2.63. The second kappa shape index (κ2) is 5.12. The maximum absolute atomic E-state index is 12.7. The van der Waals surface area contributed by atoms with Crippen molar-refractivity contribution in [3.8, 4) is 0 Å². The molecule has 14 heavy (non-hydrogen) atoms. The third kappa shape index (κ3) is 3.89. The number of rotatable bonds is 3. The Bertz CT molecular complexity index is 246. The summed E-state index contributed by atoms with van der Waals surface area (Å²) in [4.78, 5) is 0. The van der Waals surface area contributed by atoms with Crippen molar-refractivity contribution >= 4 is 0 Å². The average molecular weight is 214 g/mol. The predicted molar refractivity (Wildman–Crippen MR) is 44.0 cm³/mol. The molecule has 82 valence electrons. The Hall–Kier alpha value is -0.870. The maximum atomic E-state index is 12.7. The first-order valence-electron chi connectivity index (χ1n) is 4.14. The molecular weight excluding hydrogens is 203 g/mol. The molecule has 0 rings (SSSR count). The predicted octanol–water partition coefficient (Wildman–Crippen LogP) is 4.45. The summed E-state index contributed by atoms with van der Waals surface area (Å²) < 4.78 is 61.4. The molecule has 0 aliphatic rings. The molecule has 0 aliphatic heterocycles. The summed E-state index contributed by atoms with van der Waals surface area (Å²) in [5.74, 6) is -2.61. The van der Waals surface area contributed by atoms with E-state index in [1.54, 1.807) is 0 Å². The Morgan fingerprint density at radius 1 is 1.07 bits per heavy atom. The molecule has 0 heterocycles. The van der Waals surface area contributed by atoms with E-state index in [0.717, 1.165) is 0 Å². The van der Waals surface area contributed by atoms with Gasteiger partial charge in [-0.25, -0.2) is 8.78 Å². The van der Waals surface area contributed by atoms with E-state index in [0.29, 0.717) is 0 Å². The van der Waals surface area contributed by atoms with E-state index in [9.17, 15) is 22.0 Å². The molecular formula is C9H11F5. The van der Waals surface area contributed by atoms with E-state index in [4.69, 9.17) is 0 Å². The Labute approximate surface area is 79.1 Å². The van der Waals surface area contributed by atoms with Gasteiger partial charge in [0.15, 0.2) is 5.83 Å². The van der Waals surface area contributed by atoms with Crippen LogP contribution in [0.15, 0.2) is 23.3 Å². The molecule has 0 bridgehead atoms. The molecule has 0 spiro atoms. The maximum Gasteiger partial charge on any atom is 0.412 e. The van der Waals surface area contributed by atoms with E-state index in [-0.39, 0.29) is 18.9 Å². The quantitative estimate of drug-likeness (QED) is 0.481. The van der Waals surface area contributed by atoms with Crippen molar-refractivity contribution in [2.75, 3.05) is 0 Å². The molecule has 0 saturated carbocycles. The van der Waals surface area contributed by atoms with Gasteiger partial charge in [0.1, 0.15) is 5.83 Å². The van der Waals surface area contributed by atoms with Crippen molar-refractivity contribution in [2.24, 2.45) is 0 Å². The molecule has 0 aromatic heterocycles. The van der Waals surface area contributed by atoms with Crippen LogP contribution in [0, 0.1) is 0 Å². The van der Waals surface area contributed by atoms with Gasteiger partial charge in [-0.1, -0.05) is 13.8 Å². The highest BCUT2D eigenvalue weighted by atomic mass is 19.4. The van der Waals surface area contributed by atoms with Crippen LogP contribution >= 0.6 is 0 Å². The van der Waals surface area contributed by atoms with Gasteiger partial charge in [-0.15, -0.1) is 0 Å². The first-order chi connectivity index (χ1) is 6.32. The molecule has 0 N–H and O–H groups in total. The average Bonchev–Trinajstić information content (AvgIpc) is 2.10. The minimum atomic E-state index is -4.60. The Kier molecular flexibility index (Phi) is 4.80. The molecule has 0 atom stereocenters. The fourth-order valence-electron chi connectivity index (χ4n) is 0.784. The summed E-state index contributed by atoms with van der Waals surface area (Å²) in [6, 6.07) is 0. The van der Waals surface area contributed by atoms with Crippen LogP contribution in [0.4, 0.5) is 22.0 Å². The topological polar surface area (TPSA) is 0 Å². The van der Waals surface area contributed by atoms with Crippen molar-refractivity contribution in [3.63, 3.8) is 0 Å². The molecule has 0 aromatic carbocycles. The summed E-state index contributed by atoms with van der Waals surface area (Å²) >= 11 is 0. The van der Waals surface area contributed by atoms with Crippen LogP contribution in [0.5, 0.6) is 0 Å². The van der Waals surface area contributed by atoms with Crippen molar-refractivity contribution in [1.29, 1.82) is 0 Å². The SMILES string of the molecule is CC/C(F)=C(F)\C=C(/CC)C(F)(F)F. The minimum absolute atomic E-state index is 0.207. The van der Waals surface area contributed by atoms with E-state index in [2.05, 4.69) is 0 Å². The lowest BCUT2D eigenvalue weighted by Gasteiger charge is -2.08. The van der Waals surface area contributed by atoms with Crippen LogP contribution in [0.1, 0.15) is 26.7 Å². The van der Waals surface area contributed by atoms with E-state index >= 15 is 0 Å². The first-order valence-corrected chi connectivity index (χ1v) is 4.14. The van der Waals surface area contributed by atoms with Crippen molar-refractivity contribution in [1.82, 2.24) is 0 Å². The molecule has 5 heteroatoms. The Balaban J connectivity index is 4.96. The third-order valence-electron chi connectivity index (χ3n) is 1.62. The number of halogens is 5. The molecule has 0 unspecified atom stereocenters. The van der Waals surface area contributed by atoms with Crippen molar-refractivity contribution in [3.05, 3.63) is 23.3 Å². The smallest absolute Gasteiger partial charge is 0.209 e. The summed E-state index contributed by atoms with van der Waals surface area (Å²) in [7, 11) is 0. The summed E-state index contributed by atoms with van der Waals surface area (Å²) in [5.41, 5.74) is -1.07. The van der Waals surface area contributed by atoms with Crippen LogP contribution in [-0.4, -0.2) is 6.18 Å². The van der Waals surface area contributed by atoms with Gasteiger partial charge in [0.05, 0.1) is 0 Å². The second-order valence-corrected chi connectivity index (χ2v) is 2.63. The summed E-state index contributed by atoms with van der Waals surface area (Å²) in [6.07, 6.45) is -5.02. The zero-order valence-corrected chi connectivity index (χ0v) is 7.88. The lowest BCUT2D eigenvalue weighted by molar-refractivity contribution is -0.0936. The van der Waals surface area contributed by atoms with Gasteiger partial charge in [-0.05, 0) is 18.9 Å². The van der Waals surface area contributed by atoms with Crippen molar-refractivity contribution in [2.45, 2.75) is 32.9 Å². The van der Waals surface area contributed by atoms with Crippen molar-refractivity contribution < 1.29 is 22.0 Å².